The van der Waals surface area contributed by atoms with Crippen LogP contribution in [-0.2, 0) is 6.54 Å². The minimum Gasteiger partial charge on any atom is -0.366 e. The topological polar surface area (TPSA) is 53.6 Å². The van der Waals surface area contributed by atoms with Crippen molar-refractivity contribution in [1.29, 1.82) is 0 Å². The summed E-state index contributed by atoms with van der Waals surface area (Å²) in [7, 11) is 0. The molecule has 3 aromatic heterocycles. The molecule has 0 saturated carbocycles. The molecule has 0 amide bonds. The molecule has 24 heavy (non-hydrogen) atoms. The lowest BCUT2D eigenvalue weighted by Crippen LogP contribution is -2.02. The fraction of sp³-hybridized carbons (Fsp3) is 0.0526. The van der Waals surface area contributed by atoms with Crippen molar-refractivity contribution in [3.05, 3.63) is 77.6 Å². The summed E-state index contributed by atoms with van der Waals surface area (Å²) in [6.07, 6.45) is 3.68. The SMILES string of the molecule is Clc1ccccc1CNc1cccc(-c2ccnc3[nH]ccc23)n1. The molecule has 3 heterocycles. The summed E-state index contributed by atoms with van der Waals surface area (Å²) in [4.78, 5) is 12.2. The Morgan fingerprint density at radius 3 is 2.83 bits per heavy atom. The van der Waals surface area contributed by atoms with E-state index in [1.807, 2.05) is 60.8 Å². The number of hydrogen-bond donors (Lipinski definition) is 2. The van der Waals surface area contributed by atoms with Crippen molar-refractivity contribution in [2.75, 3.05) is 5.32 Å². The molecule has 0 aliphatic heterocycles. The summed E-state index contributed by atoms with van der Waals surface area (Å²) >= 11 is 6.20. The van der Waals surface area contributed by atoms with E-state index in [-0.39, 0.29) is 0 Å². The first-order valence-electron chi connectivity index (χ1n) is 7.68. The maximum absolute atomic E-state index is 6.20. The van der Waals surface area contributed by atoms with E-state index in [4.69, 9.17) is 16.6 Å². The van der Waals surface area contributed by atoms with Crippen LogP contribution in [0.5, 0.6) is 0 Å². The van der Waals surface area contributed by atoms with Gasteiger partial charge in [0.15, 0.2) is 0 Å². The Morgan fingerprint density at radius 1 is 1.00 bits per heavy atom. The fourth-order valence-corrected chi connectivity index (χ4v) is 2.90. The number of H-pyrrole nitrogens is 1. The number of nitrogens with zero attached hydrogens (tertiary/aromatic N) is 2. The second kappa shape index (κ2) is 6.34. The molecule has 0 radical (unpaired) electrons. The summed E-state index contributed by atoms with van der Waals surface area (Å²) < 4.78 is 0. The number of fused-ring (bicyclic) bond motifs is 1. The number of benzene rings is 1. The molecular formula is C19H15ClN4. The minimum absolute atomic E-state index is 0.631. The average molecular weight is 335 g/mol. The number of rotatable bonds is 4. The summed E-state index contributed by atoms with van der Waals surface area (Å²) in [5, 5.41) is 5.15. The summed E-state index contributed by atoms with van der Waals surface area (Å²) in [5.41, 5.74) is 3.88. The number of aromatic nitrogens is 3. The third-order valence-electron chi connectivity index (χ3n) is 3.90. The van der Waals surface area contributed by atoms with Crippen molar-refractivity contribution in [3.63, 3.8) is 0 Å². The normalized spacial score (nSPS) is 10.9. The molecule has 4 aromatic rings. The van der Waals surface area contributed by atoms with E-state index in [1.165, 1.54) is 0 Å². The molecule has 0 fully saturated rings. The number of hydrogen-bond acceptors (Lipinski definition) is 3. The summed E-state index contributed by atoms with van der Waals surface area (Å²) in [6.45, 7) is 0.631. The molecule has 0 unspecified atom stereocenters. The van der Waals surface area contributed by atoms with Gasteiger partial charge < -0.3 is 10.3 Å². The Kier molecular flexibility index (Phi) is 3.89. The molecule has 118 valence electrons. The highest BCUT2D eigenvalue weighted by molar-refractivity contribution is 6.31. The van der Waals surface area contributed by atoms with Crippen molar-refractivity contribution in [2.45, 2.75) is 6.54 Å². The number of aromatic amines is 1. The quantitative estimate of drug-likeness (QED) is 0.558. The number of nitrogens with one attached hydrogen (secondary N) is 2. The van der Waals surface area contributed by atoms with Gasteiger partial charge in [0.1, 0.15) is 11.5 Å². The van der Waals surface area contributed by atoms with Gasteiger partial charge in [0.25, 0.3) is 0 Å². The van der Waals surface area contributed by atoms with Crippen molar-refractivity contribution in [2.24, 2.45) is 0 Å². The van der Waals surface area contributed by atoms with Crippen LogP contribution in [0.1, 0.15) is 5.56 Å². The predicted octanol–water partition coefficient (Wildman–Crippen LogP) is 4.89. The van der Waals surface area contributed by atoms with Crippen molar-refractivity contribution >= 4 is 28.5 Å². The van der Waals surface area contributed by atoms with Gasteiger partial charge >= 0.3 is 0 Å². The van der Waals surface area contributed by atoms with Crippen LogP contribution in [0.3, 0.4) is 0 Å². The Labute approximate surface area is 144 Å². The van der Waals surface area contributed by atoms with Gasteiger partial charge in [-0.3, -0.25) is 0 Å². The minimum atomic E-state index is 0.631. The zero-order chi connectivity index (χ0) is 16.4. The molecule has 0 spiro atoms. The van der Waals surface area contributed by atoms with Crippen LogP contribution >= 0.6 is 11.6 Å². The zero-order valence-electron chi connectivity index (χ0n) is 12.8. The van der Waals surface area contributed by atoms with Gasteiger partial charge in [0.2, 0.25) is 0 Å². The van der Waals surface area contributed by atoms with Gasteiger partial charge in [-0.25, -0.2) is 9.97 Å². The zero-order valence-corrected chi connectivity index (χ0v) is 13.6. The Hall–Kier alpha value is -2.85. The fourth-order valence-electron chi connectivity index (χ4n) is 2.69. The van der Waals surface area contributed by atoms with E-state index < -0.39 is 0 Å². The first kappa shape index (κ1) is 14.7. The lowest BCUT2D eigenvalue weighted by molar-refractivity contribution is 1.11. The lowest BCUT2D eigenvalue weighted by Gasteiger charge is -2.09. The van der Waals surface area contributed by atoms with Crippen LogP contribution in [-0.4, -0.2) is 15.0 Å². The van der Waals surface area contributed by atoms with E-state index >= 15 is 0 Å². The summed E-state index contributed by atoms with van der Waals surface area (Å²) in [5.74, 6) is 0.813. The van der Waals surface area contributed by atoms with Crippen molar-refractivity contribution in [3.8, 4) is 11.3 Å². The number of pyridine rings is 2. The smallest absolute Gasteiger partial charge is 0.137 e. The van der Waals surface area contributed by atoms with Crippen LogP contribution in [0.25, 0.3) is 22.3 Å². The largest absolute Gasteiger partial charge is 0.366 e. The van der Waals surface area contributed by atoms with Crippen LogP contribution in [0.4, 0.5) is 5.82 Å². The molecule has 4 nitrogen and oxygen atoms in total. The second-order valence-corrected chi connectivity index (χ2v) is 5.86. The van der Waals surface area contributed by atoms with Crippen LogP contribution in [0.15, 0.2) is 67.0 Å². The Morgan fingerprint density at radius 2 is 1.92 bits per heavy atom. The molecule has 0 aliphatic rings. The maximum atomic E-state index is 6.20. The predicted molar refractivity (Wildman–Crippen MR) is 98.1 cm³/mol. The van der Waals surface area contributed by atoms with E-state index in [2.05, 4.69) is 15.3 Å². The first-order chi connectivity index (χ1) is 11.8. The van der Waals surface area contributed by atoms with Crippen LogP contribution in [0.2, 0.25) is 5.02 Å². The molecule has 5 heteroatoms. The van der Waals surface area contributed by atoms with E-state index in [9.17, 15) is 0 Å². The average Bonchev–Trinajstić information content (AvgIpc) is 3.10. The molecule has 0 bridgehead atoms. The molecule has 4 rings (SSSR count). The van der Waals surface area contributed by atoms with Gasteiger partial charge in [-0.1, -0.05) is 35.9 Å². The summed E-state index contributed by atoms with van der Waals surface area (Å²) in [6, 6.07) is 17.8. The highest BCUT2D eigenvalue weighted by atomic mass is 35.5. The standard InChI is InChI=1S/C19H15ClN4/c20-16-5-2-1-4-13(16)12-23-18-7-3-6-17(24-18)14-8-10-21-19-15(14)9-11-22-19/h1-11H,12H2,(H,21,22)(H,23,24). The van der Waals surface area contributed by atoms with Gasteiger partial charge in [-0.15, -0.1) is 0 Å². The molecule has 1 aromatic carbocycles. The third-order valence-corrected chi connectivity index (χ3v) is 4.27. The molecule has 2 N–H and O–H groups in total. The maximum Gasteiger partial charge on any atom is 0.137 e. The van der Waals surface area contributed by atoms with Crippen molar-refractivity contribution in [1.82, 2.24) is 15.0 Å². The molecule has 0 aliphatic carbocycles. The van der Waals surface area contributed by atoms with E-state index in [0.29, 0.717) is 6.54 Å². The van der Waals surface area contributed by atoms with E-state index in [0.717, 1.165) is 38.7 Å². The van der Waals surface area contributed by atoms with E-state index in [1.54, 1.807) is 6.20 Å². The Bertz CT molecular complexity index is 993. The van der Waals surface area contributed by atoms with Gasteiger partial charge in [0.05, 0.1) is 5.69 Å². The van der Waals surface area contributed by atoms with Crippen LogP contribution in [0, 0.1) is 0 Å². The van der Waals surface area contributed by atoms with Crippen LogP contribution < -0.4 is 5.32 Å². The van der Waals surface area contributed by atoms with Crippen molar-refractivity contribution < 1.29 is 0 Å². The monoisotopic (exact) mass is 334 g/mol. The Balaban J connectivity index is 1.62. The second-order valence-electron chi connectivity index (χ2n) is 5.45. The third kappa shape index (κ3) is 2.84. The van der Waals surface area contributed by atoms with Gasteiger partial charge in [-0.05, 0) is 35.9 Å². The van der Waals surface area contributed by atoms with Gasteiger partial charge in [0, 0.05) is 34.9 Å². The highest BCUT2D eigenvalue weighted by Gasteiger charge is 2.07. The number of halogens is 1. The van der Waals surface area contributed by atoms with Gasteiger partial charge in [-0.2, -0.15) is 0 Å². The number of anilines is 1. The molecule has 0 atom stereocenters. The molecule has 0 saturated heterocycles. The lowest BCUT2D eigenvalue weighted by atomic mass is 10.1. The first-order valence-corrected chi connectivity index (χ1v) is 8.06. The highest BCUT2D eigenvalue weighted by Crippen LogP contribution is 2.26. The molecular weight excluding hydrogens is 320 g/mol.